The summed E-state index contributed by atoms with van der Waals surface area (Å²) in [4.78, 5) is 0. The van der Waals surface area contributed by atoms with E-state index in [0.717, 1.165) is 16.7 Å². The van der Waals surface area contributed by atoms with Crippen LogP contribution in [0.2, 0.25) is 0 Å². The SMILES string of the molecule is CC(C)O[P+](=O)OCc1cc(C(C)(C)C)c(O)c(C(C)(C)C)c1. The lowest BCUT2D eigenvalue weighted by molar-refractivity contribution is 0.182. The second-order valence-electron chi connectivity index (χ2n) is 8.19. The lowest BCUT2D eigenvalue weighted by Gasteiger charge is -2.28. The van der Waals surface area contributed by atoms with Crippen LogP contribution in [-0.4, -0.2) is 11.2 Å². The monoisotopic (exact) mass is 341 g/mol. The Morgan fingerprint density at radius 1 is 1.04 bits per heavy atom. The quantitative estimate of drug-likeness (QED) is 0.710. The molecule has 1 atom stereocenters. The third-order valence-electron chi connectivity index (χ3n) is 3.42. The molecular weight excluding hydrogens is 311 g/mol. The van der Waals surface area contributed by atoms with Gasteiger partial charge in [0.2, 0.25) is 0 Å². The molecule has 1 N–H and O–H groups in total. The molecule has 0 aliphatic carbocycles. The third-order valence-corrected chi connectivity index (χ3v) is 4.35. The van der Waals surface area contributed by atoms with Crippen LogP contribution in [0.15, 0.2) is 12.1 Å². The van der Waals surface area contributed by atoms with Crippen LogP contribution in [0.1, 0.15) is 72.1 Å². The van der Waals surface area contributed by atoms with Gasteiger partial charge < -0.3 is 5.11 Å². The maximum absolute atomic E-state index is 11.7. The molecule has 5 heteroatoms. The van der Waals surface area contributed by atoms with E-state index < -0.39 is 8.25 Å². The zero-order chi connectivity index (χ0) is 18.0. The van der Waals surface area contributed by atoms with Gasteiger partial charge in [0.05, 0.1) is 0 Å². The van der Waals surface area contributed by atoms with E-state index >= 15 is 0 Å². The molecule has 0 saturated heterocycles. The van der Waals surface area contributed by atoms with Crippen molar-refractivity contribution in [2.75, 3.05) is 0 Å². The number of rotatable bonds is 5. The predicted octanol–water partition coefficient (Wildman–Crippen LogP) is 5.59. The largest absolute Gasteiger partial charge is 0.697 e. The van der Waals surface area contributed by atoms with E-state index in [2.05, 4.69) is 41.5 Å². The molecule has 0 aliphatic rings. The second-order valence-corrected chi connectivity index (χ2v) is 9.11. The van der Waals surface area contributed by atoms with Crippen LogP contribution < -0.4 is 0 Å². The molecule has 0 aromatic heterocycles. The van der Waals surface area contributed by atoms with E-state index in [1.54, 1.807) is 0 Å². The van der Waals surface area contributed by atoms with E-state index in [0.29, 0.717) is 5.75 Å². The molecule has 0 bridgehead atoms. The zero-order valence-electron chi connectivity index (χ0n) is 15.6. The summed E-state index contributed by atoms with van der Waals surface area (Å²) in [6.07, 6.45) is -0.145. The van der Waals surface area contributed by atoms with Gasteiger partial charge in [-0.15, -0.1) is 9.05 Å². The molecule has 0 saturated carbocycles. The molecule has 0 spiro atoms. The summed E-state index contributed by atoms with van der Waals surface area (Å²) in [7, 11) is -2.14. The molecule has 0 amide bonds. The second kappa shape index (κ2) is 7.29. The highest BCUT2D eigenvalue weighted by Gasteiger charge is 2.28. The Labute approximate surface area is 141 Å². The van der Waals surface area contributed by atoms with Crippen molar-refractivity contribution >= 4 is 8.25 Å². The molecule has 1 aromatic carbocycles. The number of hydrogen-bond donors (Lipinski definition) is 1. The Morgan fingerprint density at radius 3 is 1.83 bits per heavy atom. The fourth-order valence-corrected chi connectivity index (χ4v) is 2.91. The highest BCUT2D eigenvalue weighted by atomic mass is 31.1. The molecule has 1 aromatic rings. The van der Waals surface area contributed by atoms with Gasteiger partial charge in [0, 0.05) is 4.57 Å². The molecule has 1 unspecified atom stereocenters. The smallest absolute Gasteiger partial charge is 0.507 e. The van der Waals surface area contributed by atoms with Crippen molar-refractivity contribution in [1.29, 1.82) is 0 Å². The van der Waals surface area contributed by atoms with Gasteiger partial charge in [0.15, 0.2) is 0 Å². The van der Waals surface area contributed by atoms with Crippen LogP contribution in [0.5, 0.6) is 5.75 Å². The normalized spacial score (nSPS) is 13.5. The Balaban J connectivity index is 3.16. The number of hydrogen-bond acceptors (Lipinski definition) is 4. The highest BCUT2D eigenvalue weighted by Crippen LogP contribution is 2.40. The maximum Gasteiger partial charge on any atom is 0.697 e. The van der Waals surface area contributed by atoms with Gasteiger partial charge in [-0.05, 0) is 53.5 Å². The topological polar surface area (TPSA) is 55.8 Å². The lowest BCUT2D eigenvalue weighted by Crippen LogP contribution is -2.18. The van der Waals surface area contributed by atoms with E-state index in [9.17, 15) is 9.67 Å². The molecular formula is C18H30O4P+. The molecule has 1 rings (SSSR count). The average molecular weight is 341 g/mol. The fraction of sp³-hybridized carbons (Fsp3) is 0.667. The lowest BCUT2D eigenvalue weighted by atomic mass is 9.78. The molecule has 0 radical (unpaired) electrons. The molecule has 0 heterocycles. The number of benzene rings is 1. The van der Waals surface area contributed by atoms with Crippen molar-refractivity contribution in [2.45, 2.75) is 78.9 Å². The summed E-state index contributed by atoms with van der Waals surface area (Å²) in [5.74, 6) is 0.330. The zero-order valence-corrected chi connectivity index (χ0v) is 16.5. The van der Waals surface area contributed by atoms with Gasteiger partial charge in [0.1, 0.15) is 18.5 Å². The van der Waals surface area contributed by atoms with Gasteiger partial charge in [-0.2, -0.15) is 0 Å². The summed E-state index contributed by atoms with van der Waals surface area (Å²) in [5.41, 5.74) is 2.22. The van der Waals surface area contributed by atoms with Gasteiger partial charge in [-0.25, -0.2) is 0 Å². The number of phenolic OH excluding ortho intramolecular Hbond substituents is 1. The van der Waals surface area contributed by atoms with Crippen LogP contribution in [0.4, 0.5) is 0 Å². The Morgan fingerprint density at radius 2 is 1.48 bits per heavy atom. The van der Waals surface area contributed by atoms with Crippen molar-refractivity contribution in [1.82, 2.24) is 0 Å². The van der Waals surface area contributed by atoms with Gasteiger partial charge in [0.25, 0.3) is 0 Å². The van der Waals surface area contributed by atoms with Crippen LogP contribution in [0.3, 0.4) is 0 Å². The van der Waals surface area contributed by atoms with Gasteiger partial charge >= 0.3 is 8.25 Å². The van der Waals surface area contributed by atoms with Gasteiger partial charge in [-0.3, -0.25) is 0 Å². The molecule has 0 aliphatic heterocycles. The fourth-order valence-electron chi connectivity index (χ4n) is 2.25. The minimum Gasteiger partial charge on any atom is -0.507 e. The van der Waals surface area contributed by atoms with E-state index in [1.807, 2.05) is 26.0 Å². The van der Waals surface area contributed by atoms with E-state index in [-0.39, 0.29) is 23.5 Å². The first-order valence-corrected chi connectivity index (χ1v) is 9.05. The summed E-state index contributed by atoms with van der Waals surface area (Å²) in [6.45, 7) is 16.2. The van der Waals surface area contributed by atoms with Crippen molar-refractivity contribution in [3.05, 3.63) is 28.8 Å². The first-order chi connectivity index (χ1) is 10.3. The van der Waals surface area contributed by atoms with Crippen molar-refractivity contribution < 1.29 is 18.7 Å². The minimum absolute atomic E-state index is 0.145. The molecule has 23 heavy (non-hydrogen) atoms. The first kappa shape index (κ1) is 20.1. The van der Waals surface area contributed by atoms with E-state index in [4.69, 9.17) is 9.05 Å². The molecule has 4 nitrogen and oxygen atoms in total. The summed E-state index contributed by atoms with van der Waals surface area (Å²) in [6, 6.07) is 3.84. The third kappa shape index (κ3) is 5.87. The highest BCUT2D eigenvalue weighted by molar-refractivity contribution is 7.33. The standard InChI is InChI=1S/C18H29O4P/c1-12(2)22-23(20)21-11-13-9-14(17(3,4)5)16(19)15(10-13)18(6,7)8/h9-10,12H,11H2,1-8H3/p+1. The summed E-state index contributed by atoms with van der Waals surface area (Å²) >= 11 is 0. The van der Waals surface area contributed by atoms with Crippen molar-refractivity contribution in [3.63, 3.8) is 0 Å². The Hall–Kier alpha value is -0.960. The van der Waals surface area contributed by atoms with Crippen LogP contribution in [0, 0.1) is 0 Å². The molecule has 130 valence electrons. The van der Waals surface area contributed by atoms with Crippen LogP contribution in [-0.2, 0) is 31.0 Å². The average Bonchev–Trinajstić information content (AvgIpc) is 2.33. The molecule has 0 fully saturated rings. The van der Waals surface area contributed by atoms with E-state index in [1.165, 1.54) is 0 Å². The van der Waals surface area contributed by atoms with Gasteiger partial charge in [-0.1, -0.05) is 41.5 Å². The Bertz CT molecular complexity index is 530. The maximum atomic E-state index is 11.7. The first-order valence-electron chi connectivity index (χ1n) is 7.96. The number of aromatic hydroxyl groups is 1. The summed E-state index contributed by atoms with van der Waals surface area (Å²) < 4.78 is 22.2. The predicted molar refractivity (Wildman–Crippen MR) is 94.1 cm³/mol. The van der Waals surface area contributed by atoms with Crippen LogP contribution >= 0.6 is 8.25 Å². The van der Waals surface area contributed by atoms with Crippen LogP contribution in [0.25, 0.3) is 0 Å². The summed E-state index contributed by atoms with van der Waals surface area (Å²) in [5, 5.41) is 10.7. The van der Waals surface area contributed by atoms with Crippen molar-refractivity contribution in [3.8, 4) is 5.75 Å². The minimum atomic E-state index is -2.14. The number of phenols is 1. The Kier molecular flexibility index (Phi) is 6.37. The van der Waals surface area contributed by atoms with Crippen molar-refractivity contribution in [2.24, 2.45) is 0 Å².